The molecule has 3 rings (SSSR count). The minimum Gasteiger partial charge on any atom is -0.464 e. The number of ether oxygens (including phenoxy) is 2. The molecule has 2 aromatic rings. The van der Waals surface area contributed by atoms with Gasteiger partial charge in [-0.25, -0.2) is 14.6 Å². The third kappa shape index (κ3) is 3.28. The molecule has 1 heterocycles. The van der Waals surface area contributed by atoms with Gasteiger partial charge in [-0.05, 0) is 31.5 Å². The molecular weight excluding hydrogens is 346 g/mol. The summed E-state index contributed by atoms with van der Waals surface area (Å²) in [5.41, 5.74) is -0.526. The Hall–Kier alpha value is -3.22. The van der Waals surface area contributed by atoms with Gasteiger partial charge in [-0.2, -0.15) is 0 Å². The predicted molar refractivity (Wildman–Crippen MR) is 99.0 cm³/mol. The number of carbonyl (C=O) groups is 2. The molecule has 0 fully saturated rings. The van der Waals surface area contributed by atoms with E-state index in [1.54, 1.807) is 18.9 Å². The van der Waals surface area contributed by atoms with Crippen molar-refractivity contribution in [2.75, 3.05) is 18.2 Å². The van der Waals surface area contributed by atoms with Crippen molar-refractivity contribution in [1.29, 1.82) is 0 Å². The number of carbonyl (C=O) groups excluding carboxylic acids is 2. The van der Waals surface area contributed by atoms with Crippen LogP contribution in [0.2, 0.25) is 0 Å². The average molecular weight is 367 g/mol. The van der Waals surface area contributed by atoms with Gasteiger partial charge < -0.3 is 9.47 Å². The quantitative estimate of drug-likeness (QED) is 0.577. The molecule has 0 saturated heterocycles. The van der Waals surface area contributed by atoms with E-state index in [2.05, 4.69) is 10.3 Å². The third-order valence-corrected chi connectivity index (χ3v) is 4.25. The van der Waals surface area contributed by atoms with E-state index in [0.717, 1.165) is 0 Å². The monoisotopic (exact) mass is 367 g/mol. The molecule has 7 heteroatoms. The zero-order chi connectivity index (χ0) is 19.3. The summed E-state index contributed by atoms with van der Waals surface area (Å²) in [4.78, 5) is 25.9. The molecule has 1 aliphatic rings. The van der Waals surface area contributed by atoms with Crippen LogP contribution in [0.3, 0.4) is 0 Å². The van der Waals surface area contributed by atoms with Gasteiger partial charge in [0.1, 0.15) is 6.04 Å². The summed E-state index contributed by atoms with van der Waals surface area (Å²) >= 11 is 0. The fraction of sp³-hybridized carbons (Fsp3) is 0.300. The number of para-hydroxylation sites is 1. The van der Waals surface area contributed by atoms with Crippen LogP contribution in [0.1, 0.15) is 25.5 Å². The van der Waals surface area contributed by atoms with Crippen LogP contribution >= 0.6 is 0 Å². The van der Waals surface area contributed by atoms with Crippen LogP contribution in [-0.4, -0.2) is 30.7 Å². The van der Waals surface area contributed by atoms with E-state index in [1.807, 2.05) is 60.7 Å². The van der Waals surface area contributed by atoms with Gasteiger partial charge in [0.05, 0.1) is 18.9 Å². The van der Waals surface area contributed by atoms with Gasteiger partial charge in [-0.1, -0.05) is 53.8 Å². The van der Waals surface area contributed by atoms with E-state index in [9.17, 15) is 9.59 Å². The Balaban J connectivity index is 2.17. The maximum absolute atomic E-state index is 12.9. The van der Waals surface area contributed by atoms with Gasteiger partial charge in [0.15, 0.2) is 0 Å². The Morgan fingerprint density at radius 3 is 1.96 bits per heavy atom. The van der Waals surface area contributed by atoms with Crippen molar-refractivity contribution < 1.29 is 19.1 Å². The summed E-state index contributed by atoms with van der Waals surface area (Å²) in [6, 6.07) is 17.6. The largest absolute Gasteiger partial charge is 0.464 e. The van der Waals surface area contributed by atoms with Gasteiger partial charge in [0.2, 0.25) is 0 Å². The molecule has 0 aromatic heterocycles. The zero-order valence-corrected chi connectivity index (χ0v) is 15.2. The van der Waals surface area contributed by atoms with Crippen molar-refractivity contribution in [2.24, 2.45) is 10.3 Å². The van der Waals surface area contributed by atoms with Crippen LogP contribution in [0.25, 0.3) is 0 Å². The van der Waals surface area contributed by atoms with Gasteiger partial charge in [0, 0.05) is 0 Å². The fourth-order valence-electron chi connectivity index (χ4n) is 3.07. The summed E-state index contributed by atoms with van der Waals surface area (Å²) in [5.74, 6) is -1.56. The molecule has 7 nitrogen and oxygen atoms in total. The minimum absolute atomic E-state index is 0.113. The molecule has 0 radical (unpaired) electrons. The highest BCUT2D eigenvalue weighted by atomic mass is 16.6. The lowest BCUT2D eigenvalue weighted by Gasteiger charge is -2.31. The maximum Gasteiger partial charge on any atom is 0.350 e. The minimum atomic E-state index is -1.93. The fourth-order valence-corrected chi connectivity index (χ4v) is 3.07. The van der Waals surface area contributed by atoms with Crippen molar-refractivity contribution in [2.45, 2.75) is 25.4 Å². The summed E-state index contributed by atoms with van der Waals surface area (Å²) < 4.78 is 10.4. The number of benzene rings is 2. The number of nitrogens with zero attached hydrogens (tertiary/aromatic N) is 3. The highest BCUT2D eigenvalue weighted by Gasteiger charge is 2.62. The number of hydrogen-bond donors (Lipinski definition) is 0. The Morgan fingerprint density at radius 2 is 1.44 bits per heavy atom. The van der Waals surface area contributed by atoms with Gasteiger partial charge in [0.25, 0.3) is 0 Å². The summed E-state index contributed by atoms with van der Waals surface area (Å²) in [6.45, 7) is 3.58. The SMILES string of the molecule is CCOC(=O)C1(C(=O)OCC)N=NN(c2ccccc2)C1c1ccccc1. The van der Waals surface area contributed by atoms with E-state index in [1.165, 1.54) is 0 Å². The molecule has 27 heavy (non-hydrogen) atoms. The lowest BCUT2D eigenvalue weighted by molar-refractivity contribution is -0.164. The topological polar surface area (TPSA) is 80.6 Å². The molecule has 0 spiro atoms. The van der Waals surface area contributed by atoms with E-state index >= 15 is 0 Å². The van der Waals surface area contributed by atoms with Crippen LogP contribution in [0.15, 0.2) is 71.0 Å². The molecule has 0 amide bonds. The lowest BCUT2D eigenvalue weighted by Crippen LogP contribution is -2.53. The van der Waals surface area contributed by atoms with Crippen LogP contribution < -0.4 is 5.01 Å². The Morgan fingerprint density at radius 1 is 0.926 bits per heavy atom. The standard InChI is InChI=1S/C20H21N3O4/c1-3-26-18(24)20(19(25)27-4-2)17(15-11-7-5-8-12-15)23(22-21-20)16-13-9-6-10-14-16/h5-14,17H,3-4H2,1-2H3. The highest BCUT2D eigenvalue weighted by Crippen LogP contribution is 2.44. The molecular formula is C20H21N3O4. The van der Waals surface area contributed by atoms with Gasteiger partial charge >= 0.3 is 17.5 Å². The smallest absolute Gasteiger partial charge is 0.350 e. The van der Waals surface area contributed by atoms with E-state index in [0.29, 0.717) is 11.3 Å². The Kier molecular flexibility index (Phi) is 5.49. The third-order valence-electron chi connectivity index (χ3n) is 4.25. The Bertz CT molecular complexity index is 806. The first-order valence-corrected chi connectivity index (χ1v) is 8.81. The second kappa shape index (κ2) is 7.99. The van der Waals surface area contributed by atoms with Crippen LogP contribution in [0.4, 0.5) is 5.69 Å². The predicted octanol–water partition coefficient (Wildman–Crippen LogP) is 3.48. The summed E-state index contributed by atoms with van der Waals surface area (Å²) in [6.07, 6.45) is 0. The maximum atomic E-state index is 12.9. The normalized spacial score (nSPS) is 17.6. The molecule has 140 valence electrons. The number of rotatable bonds is 6. The first-order valence-electron chi connectivity index (χ1n) is 8.81. The summed E-state index contributed by atoms with van der Waals surface area (Å²) in [7, 11) is 0. The number of anilines is 1. The van der Waals surface area contributed by atoms with Crippen LogP contribution in [-0.2, 0) is 19.1 Å². The number of esters is 2. The molecule has 0 N–H and O–H groups in total. The highest BCUT2D eigenvalue weighted by molar-refractivity contribution is 6.07. The first kappa shape index (κ1) is 18.6. The molecule has 0 bridgehead atoms. The van der Waals surface area contributed by atoms with Crippen LogP contribution in [0, 0.1) is 0 Å². The molecule has 0 saturated carbocycles. The molecule has 1 aliphatic heterocycles. The molecule has 0 aliphatic carbocycles. The van der Waals surface area contributed by atoms with Crippen molar-refractivity contribution >= 4 is 17.6 Å². The van der Waals surface area contributed by atoms with Crippen molar-refractivity contribution in [3.63, 3.8) is 0 Å². The second-order valence-corrected chi connectivity index (χ2v) is 5.89. The molecule has 1 unspecified atom stereocenters. The Labute approximate surface area is 157 Å². The van der Waals surface area contributed by atoms with Crippen LogP contribution in [0.5, 0.6) is 0 Å². The van der Waals surface area contributed by atoms with E-state index in [4.69, 9.17) is 9.47 Å². The number of hydrogen-bond acceptors (Lipinski definition) is 7. The van der Waals surface area contributed by atoms with Crippen molar-refractivity contribution in [3.05, 3.63) is 66.2 Å². The second-order valence-electron chi connectivity index (χ2n) is 5.89. The van der Waals surface area contributed by atoms with Crippen molar-refractivity contribution in [1.82, 2.24) is 0 Å². The van der Waals surface area contributed by atoms with Gasteiger partial charge in [-0.3, -0.25) is 0 Å². The van der Waals surface area contributed by atoms with Gasteiger partial charge in [-0.15, -0.1) is 5.11 Å². The zero-order valence-electron chi connectivity index (χ0n) is 15.2. The molecule has 2 aromatic carbocycles. The van der Waals surface area contributed by atoms with E-state index in [-0.39, 0.29) is 13.2 Å². The first-order chi connectivity index (χ1) is 13.1. The average Bonchev–Trinajstić information content (AvgIpc) is 3.11. The van der Waals surface area contributed by atoms with E-state index < -0.39 is 23.5 Å². The van der Waals surface area contributed by atoms with Crippen molar-refractivity contribution in [3.8, 4) is 0 Å². The lowest BCUT2D eigenvalue weighted by atomic mass is 9.85. The molecule has 1 atom stereocenters. The summed E-state index contributed by atoms with van der Waals surface area (Å²) in [5, 5.41) is 9.86.